The average Bonchev–Trinajstić information content (AvgIpc) is 2.67. The van der Waals surface area contributed by atoms with Crippen molar-refractivity contribution in [2.45, 2.75) is 25.6 Å². The predicted molar refractivity (Wildman–Crippen MR) is 52.9 cm³/mol. The van der Waals surface area contributed by atoms with E-state index in [1.54, 1.807) is 0 Å². The molecule has 1 rings (SSSR count). The molecule has 96 valence electrons. The molecule has 0 aliphatic carbocycles. The third-order valence-corrected chi connectivity index (χ3v) is 2.09. The Kier molecular flexibility index (Phi) is 4.47. The van der Waals surface area contributed by atoms with Crippen LogP contribution in [0.15, 0.2) is 12.7 Å². The van der Waals surface area contributed by atoms with Gasteiger partial charge in [0.15, 0.2) is 0 Å². The van der Waals surface area contributed by atoms with Crippen molar-refractivity contribution < 1.29 is 18.0 Å². The van der Waals surface area contributed by atoms with Gasteiger partial charge in [0.1, 0.15) is 19.2 Å². The van der Waals surface area contributed by atoms with Crippen molar-refractivity contribution in [1.29, 1.82) is 0 Å². The van der Waals surface area contributed by atoms with Crippen molar-refractivity contribution >= 4 is 5.91 Å². The fourth-order valence-corrected chi connectivity index (χ4v) is 1.29. The van der Waals surface area contributed by atoms with Crippen LogP contribution in [0.2, 0.25) is 0 Å². The van der Waals surface area contributed by atoms with Crippen molar-refractivity contribution in [2.75, 3.05) is 13.6 Å². The first kappa shape index (κ1) is 13.5. The second-order valence-electron chi connectivity index (χ2n) is 3.63. The third kappa shape index (κ3) is 5.32. The van der Waals surface area contributed by atoms with Crippen molar-refractivity contribution in [3.8, 4) is 0 Å². The van der Waals surface area contributed by atoms with Crippen LogP contribution in [0.5, 0.6) is 0 Å². The number of hydrogen-bond acceptors (Lipinski definition) is 3. The summed E-state index contributed by atoms with van der Waals surface area (Å²) in [5, 5.41) is 3.82. The van der Waals surface area contributed by atoms with Gasteiger partial charge >= 0.3 is 6.18 Å². The van der Waals surface area contributed by atoms with Crippen LogP contribution in [0.25, 0.3) is 0 Å². The normalized spacial score (nSPS) is 11.5. The molecule has 0 aromatic carbocycles. The summed E-state index contributed by atoms with van der Waals surface area (Å²) in [5.41, 5.74) is 0. The summed E-state index contributed by atoms with van der Waals surface area (Å²) in [6, 6.07) is 0. The van der Waals surface area contributed by atoms with E-state index in [4.69, 9.17) is 0 Å². The van der Waals surface area contributed by atoms with E-state index in [-0.39, 0.29) is 6.42 Å². The number of carbonyl (C=O) groups is 1. The molecule has 1 aromatic heterocycles. The Bertz CT molecular complexity index is 350. The minimum atomic E-state index is -4.35. The lowest BCUT2D eigenvalue weighted by molar-refractivity contribution is -0.158. The molecule has 0 spiro atoms. The third-order valence-electron chi connectivity index (χ3n) is 2.09. The maximum Gasteiger partial charge on any atom is 0.406 e. The van der Waals surface area contributed by atoms with E-state index in [9.17, 15) is 18.0 Å². The highest BCUT2D eigenvalue weighted by molar-refractivity contribution is 5.75. The number of halogens is 3. The molecule has 0 aliphatic heterocycles. The number of alkyl halides is 3. The summed E-state index contributed by atoms with van der Waals surface area (Å²) in [6.45, 7) is -0.749. The van der Waals surface area contributed by atoms with Gasteiger partial charge in [-0.1, -0.05) is 0 Å². The topological polar surface area (TPSA) is 51.0 Å². The summed E-state index contributed by atoms with van der Waals surface area (Å²) in [6.07, 6.45) is -1.01. The Balaban J connectivity index is 2.25. The molecule has 1 aromatic rings. The molecule has 1 heterocycles. The fraction of sp³-hybridized carbons (Fsp3) is 0.667. The molecular weight excluding hydrogens is 237 g/mol. The van der Waals surface area contributed by atoms with Crippen molar-refractivity contribution in [1.82, 2.24) is 19.7 Å². The first-order chi connectivity index (χ1) is 7.88. The van der Waals surface area contributed by atoms with Gasteiger partial charge in [0.2, 0.25) is 5.91 Å². The predicted octanol–water partition coefficient (Wildman–Crippen LogP) is 1.08. The number of aryl methyl sites for hydroxylation is 1. The van der Waals surface area contributed by atoms with Crippen LogP contribution in [0.1, 0.15) is 12.8 Å². The van der Waals surface area contributed by atoms with Gasteiger partial charge in [-0.25, -0.2) is 4.98 Å². The molecule has 17 heavy (non-hydrogen) atoms. The van der Waals surface area contributed by atoms with E-state index in [1.807, 2.05) is 0 Å². The van der Waals surface area contributed by atoms with Gasteiger partial charge in [0, 0.05) is 20.0 Å². The zero-order valence-electron chi connectivity index (χ0n) is 9.31. The Morgan fingerprint density at radius 3 is 2.71 bits per heavy atom. The minimum Gasteiger partial charge on any atom is -0.337 e. The van der Waals surface area contributed by atoms with E-state index < -0.39 is 18.6 Å². The molecule has 0 unspecified atom stereocenters. The lowest BCUT2D eigenvalue weighted by Crippen LogP contribution is -2.35. The van der Waals surface area contributed by atoms with Crippen LogP contribution in [0, 0.1) is 0 Å². The molecule has 0 bridgehead atoms. The monoisotopic (exact) mass is 250 g/mol. The number of amides is 1. The van der Waals surface area contributed by atoms with Gasteiger partial charge in [-0.15, -0.1) is 0 Å². The smallest absolute Gasteiger partial charge is 0.337 e. The highest BCUT2D eigenvalue weighted by Crippen LogP contribution is 2.16. The first-order valence-corrected chi connectivity index (χ1v) is 5.01. The standard InChI is InChI=1S/C9H13F3N4O/c1-15(5-9(10,11)12)8(17)3-2-4-16-7-13-6-14-16/h6-7H,2-5H2,1H3. The molecule has 0 fully saturated rings. The van der Waals surface area contributed by atoms with Crippen molar-refractivity contribution in [3.63, 3.8) is 0 Å². The molecule has 1 amide bonds. The molecule has 8 heteroatoms. The van der Waals surface area contributed by atoms with Gasteiger partial charge < -0.3 is 4.90 Å². The lowest BCUT2D eigenvalue weighted by Gasteiger charge is -2.18. The molecule has 0 aliphatic rings. The van der Waals surface area contributed by atoms with Crippen LogP contribution in [-0.4, -0.2) is 45.3 Å². The van der Waals surface area contributed by atoms with Crippen LogP contribution >= 0.6 is 0 Å². The quantitative estimate of drug-likeness (QED) is 0.785. The van der Waals surface area contributed by atoms with Crippen LogP contribution in [0.4, 0.5) is 13.2 Å². The summed E-state index contributed by atoms with van der Waals surface area (Å²) >= 11 is 0. The maximum absolute atomic E-state index is 12.0. The number of carbonyl (C=O) groups excluding carboxylic acids is 1. The van der Waals surface area contributed by atoms with Crippen LogP contribution in [0.3, 0.4) is 0 Å². The Labute approximate surface area is 96.2 Å². The molecule has 0 atom stereocenters. The zero-order valence-corrected chi connectivity index (χ0v) is 9.31. The Morgan fingerprint density at radius 1 is 1.47 bits per heavy atom. The fourth-order valence-electron chi connectivity index (χ4n) is 1.29. The van der Waals surface area contributed by atoms with E-state index >= 15 is 0 Å². The highest BCUT2D eigenvalue weighted by Gasteiger charge is 2.30. The molecule has 5 nitrogen and oxygen atoms in total. The highest BCUT2D eigenvalue weighted by atomic mass is 19.4. The number of rotatable bonds is 5. The summed E-state index contributed by atoms with van der Waals surface area (Å²) in [5.74, 6) is -0.526. The molecular formula is C9H13F3N4O. The lowest BCUT2D eigenvalue weighted by atomic mass is 10.3. The van der Waals surface area contributed by atoms with E-state index in [0.717, 1.165) is 7.05 Å². The van der Waals surface area contributed by atoms with Gasteiger partial charge in [-0.2, -0.15) is 18.3 Å². The minimum absolute atomic E-state index is 0.0619. The molecule has 0 saturated heterocycles. The van der Waals surface area contributed by atoms with E-state index in [2.05, 4.69) is 10.1 Å². The number of hydrogen-bond donors (Lipinski definition) is 0. The van der Waals surface area contributed by atoms with Crippen LogP contribution in [-0.2, 0) is 11.3 Å². The molecule has 0 saturated carbocycles. The van der Waals surface area contributed by atoms with E-state index in [1.165, 1.54) is 17.3 Å². The van der Waals surface area contributed by atoms with E-state index in [0.29, 0.717) is 17.9 Å². The van der Waals surface area contributed by atoms with Gasteiger partial charge in [-0.3, -0.25) is 9.48 Å². The molecule has 0 N–H and O–H groups in total. The van der Waals surface area contributed by atoms with Crippen molar-refractivity contribution in [2.24, 2.45) is 0 Å². The second-order valence-corrected chi connectivity index (χ2v) is 3.63. The largest absolute Gasteiger partial charge is 0.406 e. The van der Waals surface area contributed by atoms with Crippen molar-refractivity contribution in [3.05, 3.63) is 12.7 Å². The maximum atomic E-state index is 12.0. The Hall–Kier alpha value is -1.60. The van der Waals surface area contributed by atoms with Gasteiger partial charge in [-0.05, 0) is 6.42 Å². The summed E-state index contributed by atoms with van der Waals surface area (Å²) in [4.78, 5) is 15.7. The van der Waals surface area contributed by atoms with Crippen LogP contribution < -0.4 is 0 Å². The Morgan fingerprint density at radius 2 is 2.18 bits per heavy atom. The second kappa shape index (κ2) is 5.65. The van der Waals surface area contributed by atoms with Gasteiger partial charge in [0.05, 0.1) is 0 Å². The SMILES string of the molecule is CN(CC(F)(F)F)C(=O)CCCn1cncn1. The van der Waals surface area contributed by atoms with Gasteiger partial charge in [0.25, 0.3) is 0 Å². The number of nitrogens with zero attached hydrogens (tertiary/aromatic N) is 4. The zero-order chi connectivity index (χ0) is 12.9. The summed E-state index contributed by atoms with van der Waals surface area (Å²) < 4.78 is 37.5. The first-order valence-electron chi connectivity index (χ1n) is 5.01. The summed E-state index contributed by atoms with van der Waals surface area (Å²) in [7, 11) is 1.14. The molecule has 0 radical (unpaired) electrons. The average molecular weight is 250 g/mol. The number of aromatic nitrogens is 3.